The van der Waals surface area contributed by atoms with Crippen LogP contribution in [0.15, 0.2) is 52.8 Å². The summed E-state index contributed by atoms with van der Waals surface area (Å²) in [7, 11) is 5.28. The number of fused-ring (bicyclic) bond motifs is 1. The molecular formula is C41H52N12O5S. The van der Waals surface area contributed by atoms with Gasteiger partial charge in [-0.25, -0.2) is 14.6 Å². The van der Waals surface area contributed by atoms with Crippen molar-refractivity contribution in [3.8, 4) is 5.75 Å². The fraction of sp³-hybridized carbons (Fsp3) is 0.439. The number of piperidine rings is 1. The fourth-order valence-corrected chi connectivity index (χ4v) is 7.60. The molecule has 17 nitrogen and oxygen atoms in total. The molecule has 3 N–H and O–H groups in total. The number of amides is 3. The number of tetrazole rings is 1. The van der Waals surface area contributed by atoms with Crippen LogP contribution >= 0.6 is 11.3 Å². The number of thiazole rings is 1. The number of carbonyl (C=O) groups is 3. The fourth-order valence-electron chi connectivity index (χ4n) is 6.66. The van der Waals surface area contributed by atoms with Crippen molar-refractivity contribution in [2.75, 3.05) is 64.1 Å². The van der Waals surface area contributed by atoms with Gasteiger partial charge in [-0.1, -0.05) is 32.9 Å². The van der Waals surface area contributed by atoms with Crippen LogP contribution in [0.5, 0.6) is 5.75 Å². The molecule has 18 heteroatoms. The summed E-state index contributed by atoms with van der Waals surface area (Å²) in [5.74, 6) is 1.12. The van der Waals surface area contributed by atoms with E-state index in [0.717, 1.165) is 29.8 Å². The maximum absolute atomic E-state index is 14.4. The first kappa shape index (κ1) is 42.6. The normalized spacial score (nSPS) is 14.6. The molecule has 1 saturated heterocycles. The summed E-state index contributed by atoms with van der Waals surface area (Å²) < 4.78 is 8.33. The van der Waals surface area contributed by atoms with Gasteiger partial charge in [0.25, 0.3) is 11.5 Å². The summed E-state index contributed by atoms with van der Waals surface area (Å²) in [6.45, 7) is 8.92. The molecule has 1 unspecified atom stereocenters. The van der Waals surface area contributed by atoms with Gasteiger partial charge in [0.15, 0.2) is 11.0 Å². The van der Waals surface area contributed by atoms with Crippen molar-refractivity contribution in [2.45, 2.75) is 58.4 Å². The van der Waals surface area contributed by atoms with Crippen molar-refractivity contribution in [1.29, 1.82) is 0 Å². The zero-order valence-electron chi connectivity index (χ0n) is 34.4. The van der Waals surface area contributed by atoms with Gasteiger partial charge in [0, 0.05) is 55.2 Å². The number of rotatable bonds is 16. The Labute approximate surface area is 346 Å². The van der Waals surface area contributed by atoms with Gasteiger partial charge < -0.3 is 25.2 Å². The Morgan fingerprint density at radius 3 is 2.51 bits per heavy atom. The molecule has 59 heavy (non-hydrogen) atoms. The SMILES string of the molecule is COc1ccc(Cn2nnnc2/C=C/c2c(N3CCCC(CC(=O)NCCCNC(=O)CN(C)C)C3)nc3cc(C(=O)Nc4nc(C(C)(C)C)cs4)ccn3c2=O)cc1. The second-order valence-corrected chi connectivity index (χ2v) is 16.7. The number of ether oxygens (including phenoxy) is 1. The van der Waals surface area contributed by atoms with Crippen molar-refractivity contribution >= 4 is 57.8 Å². The van der Waals surface area contributed by atoms with E-state index in [2.05, 4.69) is 57.2 Å². The van der Waals surface area contributed by atoms with E-state index >= 15 is 0 Å². The zero-order chi connectivity index (χ0) is 42.1. The molecule has 0 bridgehead atoms. The lowest BCUT2D eigenvalue weighted by Crippen LogP contribution is -2.40. The monoisotopic (exact) mass is 824 g/mol. The minimum Gasteiger partial charge on any atom is -0.497 e. The van der Waals surface area contributed by atoms with Crippen LogP contribution in [0, 0.1) is 5.92 Å². The molecule has 6 rings (SSSR count). The number of methoxy groups -OCH3 is 1. The quantitative estimate of drug-likeness (QED) is 0.122. The predicted molar refractivity (Wildman–Crippen MR) is 228 cm³/mol. The van der Waals surface area contributed by atoms with Crippen LogP contribution in [0.25, 0.3) is 17.8 Å². The standard InChI is InChI=1S/C41H52N12O5S/c1-41(2,3)32-26-59-40(44-32)46-38(56)29-16-20-52-34(22-29)45-37(51-19-7-9-28(23-51)21-35(54)42-17-8-18-43-36(55)25-50(4)5)31(39(52)57)14-15-33-47-48-49-53(33)24-27-10-12-30(58-6)13-11-27/h10-16,20,22,26,28H,7-9,17-19,21,23-25H2,1-6H3,(H,42,54)(H,43,55)(H,44,46,56)/b15-14+. The van der Waals surface area contributed by atoms with Crippen LogP contribution in [-0.2, 0) is 21.5 Å². The Kier molecular flexibility index (Phi) is 13.8. The summed E-state index contributed by atoms with van der Waals surface area (Å²) in [4.78, 5) is 66.2. The summed E-state index contributed by atoms with van der Waals surface area (Å²) in [6, 6.07) is 10.8. The average Bonchev–Trinajstić information content (AvgIpc) is 3.87. The first-order valence-electron chi connectivity index (χ1n) is 19.6. The van der Waals surface area contributed by atoms with Crippen LogP contribution in [-0.4, -0.2) is 111 Å². The van der Waals surface area contributed by atoms with Gasteiger partial charge in [0.05, 0.1) is 31.5 Å². The Hall–Kier alpha value is -6.01. The number of hydrogen-bond donors (Lipinski definition) is 3. The van der Waals surface area contributed by atoms with E-state index in [0.29, 0.717) is 85.7 Å². The molecule has 0 spiro atoms. The molecule has 1 aliphatic heterocycles. The highest BCUT2D eigenvalue weighted by atomic mass is 32.1. The number of likely N-dealkylation sites (N-methyl/N-ethyl adjacent to an activating group) is 1. The molecule has 3 amide bonds. The molecule has 5 aromatic rings. The van der Waals surface area contributed by atoms with Crippen molar-refractivity contribution in [1.82, 2.24) is 50.1 Å². The van der Waals surface area contributed by atoms with Crippen LogP contribution in [0.3, 0.4) is 0 Å². The van der Waals surface area contributed by atoms with Gasteiger partial charge in [-0.3, -0.25) is 28.9 Å². The number of hydrogen-bond acceptors (Lipinski definition) is 13. The van der Waals surface area contributed by atoms with Crippen LogP contribution in [0.1, 0.15) is 79.5 Å². The Morgan fingerprint density at radius 1 is 1.03 bits per heavy atom. The molecule has 312 valence electrons. The number of carbonyl (C=O) groups excluding carboxylic acids is 3. The molecule has 4 aromatic heterocycles. The second kappa shape index (κ2) is 19.2. The topological polar surface area (TPSA) is 194 Å². The highest BCUT2D eigenvalue weighted by Crippen LogP contribution is 2.29. The molecule has 5 heterocycles. The number of nitrogens with zero attached hydrogens (tertiary/aromatic N) is 9. The number of benzene rings is 1. The molecule has 0 saturated carbocycles. The van der Waals surface area contributed by atoms with Crippen molar-refractivity contribution < 1.29 is 19.1 Å². The van der Waals surface area contributed by atoms with Crippen molar-refractivity contribution in [3.05, 3.63) is 86.5 Å². The number of aromatic nitrogens is 7. The molecule has 1 fully saturated rings. The molecular weight excluding hydrogens is 773 g/mol. The third-order valence-electron chi connectivity index (χ3n) is 9.80. The minimum atomic E-state index is -0.370. The Bertz CT molecular complexity index is 2340. The molecule has 0 radical (unpaired) electrons. The third-order valence-corrected chi connectivity index (χ3v) is 10.6. The second-order valence-electron chi connectivity index (χ2n) is 15.9. The Balaban J connectivity index is 1.24. The lowest BCUT2D eigenvalue weighted by molar-refractivity contribution is -0.122. The van der Waals surface area contributed by atoms with Gasteiger partial charge in [-0.15, -0.1) is 16.4 Å². The largest absolute Gasteiger partial charge is 0.497 e. The lowest BCUT2D eigenvalue weighted by Gasteiger charge is -2.34. The number of pyridine rings is 1. The lowest BCUT2D eigenvalue weighted by atomic mass is 9.93. The first-order chi connectivity index (χ1) is 28.3. The van der Waals surface area contributed by atoms with Gasteiger partial charge in [-0.2, -0.15) is 0 Å². The molecule has 1 aliphatic rings. The van der Waals surface area contributed by atoms with Crippen LogP contribution < -0.4 is 31.1 Å². The zero-order valence-corrected chi connectivity index (χ0v) is 35.2. The summed E-state index contributed by atoms with van der Waals surface area (Å²) in [6.07, 6.45) is 7.46. The predicted octanol–water partition coefficient (Wildman–Crippen LogP) is 3.71. The maximum Gasteiger partial charge on any atom is 0.267 e. The van der Waals surface area contributed by atoms with Gasteiger partial charge in [0.2, 0.25) is 11.8 Å². The summed E-state index contributed by atoms with van der Waals surface area (Å²) in [5.41, 5.74) is 2.27. The highest BCUT2D eigenvalue weighted by molar-refractivity contribution is 7.14. The summed E-state index contributed by atoms with van der Waals surface area (Å²) in [5, 5.41) is 23.4. The van der Waals surface area contributed by atoms with E-state index in [1.54, 1.807) is 47.2 Å². The van der Waals surface area contributed by atoms with E-state index < -0.39 is 0 Å². The number of nitrogens with one attached hydrogen (secondary N) is 3. The minimum absolute atomic E-state index is 0.00539. The average molecular weight is 825 g/mol. The first-order valence-corrected chi connectivity index (χ1v) is 20.5. The smallest absolute Gasteiger partial charge is 0.267 e. The Morgan fingerprint density at radius 2 is 1.80 bits per heavy atom. The maximum atomic E-state index is 14.4. The van der Waals surface area contributed by atoms with Gasteiger partial charge >= 0.3 is 0 Å². The molecule has 1 aromatic carbocycles. The number of anilines is 2. The van der Waals surface area contributed by atoms with Gasteiger partial charge in [0.1, 0.15) is 17.2 Å². The molecule has 0 aliphatic carbocycles. The van der Waals surface area contributed by atoms with E-state index in [1.165, 1.54) is 15.7 Å². The highest BCUT2D eigenvalue weighted by Gasteiger charge is 2.27. The van der Waals surface area contributed by atoms with Crippen molar-refractivity contribution in [2.24, 2.45) is 5.92 Å². The third kappa shape index (κ3) is 11.4. The van der Waals surface area contributed by atoms with Crippen LogP contribution in [0.2, 0.25) is 0 Å². The van der Waals surface area contributed by atoms with Gasteiger partial charge in [-0.05, 0) is 91.7 Å². The van der Waals surface area contributed by atoms with Crippen LogP contribution in [0.4, 0.5) is 10.9 Å². The van der Waals surface area contributed by atoms with E-state index in [-0.39, 0.29) is 34.6 Å². The van der Waals surface area contributed by atoms with E-state index in [1.807, 2.05) is 48.6 Å². The summed E-state index contributed by atoms with van der Waals surface area (Å²) >= 11 is 1.35. The molecule has 1 atom stereocenters. The van der Waals surface area contributed by atoms with Crippen molar-refractivity contribution in [3.63, 3.8) is 0 Å². The van der Waals surface area contributed by atoms with E-state index in [9.17, 15) is 19.2 Å². The van der Waals surface area contributed by atoms with E-state index in [4.69, 9.17) is 9.72 Å².